The number of hydrogen-bond acceptors (Lipinski definition) is 1. The van der Waals surface area contributed by atoms with Crippen molar-refractivity contribution >= 4 is 112 Å². The number of aryl methyl sites for hydroxylation is 2. The van der Waals surface area contributed by atoms with E-state index >= 15 is 0 Å². The van der Waals surface area contributed by atoms with E-state index in [1.165, 1.54) is 63.6 Å². The van der Waals surface area contributed by atoms with Crippen molar-refractivity contribution in [3.8, 4) is 5.75 Å². The molecule has 0 unspecified atom stereocenters. The number of rotatable bonds is 0. The van der Waals surface area contributed by atoms with E-state index in [1.54, 1.807) is 12.1 Å². The molecule has 0 saturated heterocycles. The Bertz CT molecular complexity index is 917. The molecular formula is C40H71ClIr2Na2OSe3-4. The molecule has 0 atom stereocenters. The van der Waals surface area contributed by atoms with Crippen LogP contribution < -0.4 is 0 Å². The van der Waals surface area contributed by atoms with Gasteiger partial charge in [0.2, 0.25) is 0 Å². The van der Waals surface area contributed by atoms with E-state index in [-0.39, 0.29) is 87.0 Å². The molecular weight excluding hydrogens is 1200 g/mol. The molecule has 3 aliphatic rings. The number of aromatic hydroxyl groups is 1. The van der Waals surface area contributed by atoms with Gasteiger partial charge in [-0.15, -0.1) is 0 Å². The van der Waals surface area contributed by atoms with Crippen LogP contribution in [0.3, 0.4) is 0 Å². The van der Waals surface area contributed by atoms with Gasteiger partial charge in [0, 0.05) is 45.2 Å². The first kappa shape index (κ1) is 70.2. The van der Waals surface area contributed by atoms with Crippen molar-refractivity contribution in [2.75, 3.05) is 0 Å². The van der Waals surface area contributed by atoms with Crippen LogP contribution in [-0.4, -0.2) is 106 Å². The van der Waals surface area contributed by atoms with Crippen molar-refractivity contribution in [2.45, 2.75) is 96.9 Å². The molecule has 0 heterocycles. The van der Waals surface area contributed by atoms with Gasteiger partial charge in [-0.05, 0) is 96.3 Å². The van der Waals surface area contributed by atoms with E-state index in [1.807, 2.05) is 13.8 Å². The molecule has 0 amide bonds. The monoisotopic (exact) mass is 1270 g/mol. The molecule has 0 aliphatic heterocycles. The normalized spacial score (nSPS) is 28.6. The Hall–Kier alpha value is 3.39. The molecule has 0 spiro atoms. The average Bonchev–Trinajstić information content (AvgIpc) is 3.22. The Labute approximate surface area is 395 Å². The summed E-state index contributed by atoms with van der Waals surface area (Å²) >= 11 is 14.7. The van der Waals surface area contributed by atoms with Crippen LogP contribution in [0.15, 0.2) is 35.4 Å². The summed E-state index contributed by atoms with van der Waals surface area (Å²) in [4.78, 5) is 0. The van der Waals surface area contributed by atoms with E-state index in [0.29, 0.717) is 10.8 Å². The molecule has 286 valence electrons. The first-order valence-corrected chi connectivity index (χ1v) is 26.3. The second kappa shape index (κ2) is 34.6. The number of phenols is 1. The van der Waals surface area contributed by atoms with Crippen LogP contribution in [0.25, 0.3) is 0 Å². The summed E-state index contributed by atoms with van der Waals surface area (Å²) in [7, 11) is 0. The topological polar surface area (TPSA) is 20.2 Å². The minimum atomic E-state index is 0. The van der Waals surface area contributed by atoms with Crippen LogP contribution in [0.2, 0.25) is 5.02 Å². The molecule has 3 aliphatic carbocycles. The third-order valence-corrected chi connectivity index (χ3v) is 13.5. The van der Waals surface area contributed by atoms with Crippen LogP contribution in [-0.2, 0) is 40.2 Å². The number of allylic oxidation sites excluding steroid dienone is 4. The average molecular weight is 1270 g/mol. The van der Waals surface area contributed by atoms with Crippen molar-refractivity contribution in [2.24, 2.45) is 59.2 Å². The Morgan fingerprint density at radius 2 is 0.714 bits per heavy atom. The Morgan fingerprint density at radius 1 is 0.510 bits per heavy atom. The van der Waals surface area contributed by atoms with Crippen molar-refractivity contribution < 1.29 is 45.3 Å². The molecule has 49 heavy (non-hydrogen) atoms. The van der Waals surface area contributed by atoms with Crippen LogP contribution >= 0.6 is 11.6 Å². The maximum atomic E-state index is 9.17. The van der Waals surface area contributed by atoms with Gasteiger partial charge in [-0.1, -0.05) is 80.8 Å². The number of phenolic OH excluding ortho intramolecular Hbond substituents is 1. The molecule has 1 aromatic carbocycles. The SMILES string of the molecule is CC1=CC(=[Se])C(C)=CC1=[Se].CC1C(C)C(C)C(C)C1C.CC1C(C)C(C)C(C)C1C.Cc1cc(Cl)c(C)cc1O.[CH3-].[CH3-].[CH3-].[CH3-].[Ir].[Ir].[Na][Na].[SeH2]. The van der Waals surface area contributed by atoms with Gasteiger partial charge in [0.15, 0.2) is 0 Å². The predicted octanol–water partition coefficient (Wildman–Crippen LogP) is 9.72. The fourth-order valence-electron chi connectivity index (χ4n) is 6.32. The van der Waals surface area contributed by atoms with E-state index in [2.05, 4.69) is 126 Å². The maximum absolute atomic E-state index is 9.17. The molecule has 1 nitrogen and oxygen atoms in total. The number of halogens is 1. The first-order chi connectivity index (χ1) is 19.3. The summed E-state index contributed by atoms with van der Waals surface area (Å²) in [5.41, 5.74) is 4.33. The van der Waals surface area contributed by atoms with E-state index < -0.39 is 0 Å². The van der Waals surface area contributed by atoms with E-state index in [0.717, 1.165) is 70.3 Å². The van der Waals surface area contributed by atoms with Crippen molar-refractivity contribution in [1.82, 2.24) is 0 Å². The Balaban J connectivity index is -0.0000000715. The van der Waals surface area contributed by atoms with Gasteiger partial charge in [-0.2, -0.15) is 0 Å². The zero-order valence-corrected chi connectivity index (χ0v) is 50.0. The van der Waals surface area contributed by atoms with Crippen LogP contribution in [0.1, 0.15) is 94.2 Å². The molecule has 2 fully saturated rings. The van der Waals surface area contributed by atoms with Crippen molar-refractivity contribution in [3.05, 3.63) is 81.3 Å². The summed E-state index contributed by atoms with van der Waals surface area (Å²) in [6.45, 7) is 31.9. The number of benzene rings is 1. The van der Waals surface area contributed by atoms with E-state index in [4.69, 9.17) is 16.7 Å². The molecule has 9 heteroatoms. The third-order valence-electron chi connectivity index (χ3n) is 11.2. The standard InChI is InChI=1S/2C10H20.C8H9ClO.C8H8Se2.4CH3.2Ir.2Na.H2Se/c2*1-6-7(2)9(4)10(5)8(6)3;1-5-4-8(10)6(2)3-7(5)9;1-5-3-8(10)6(2)4-7(5)9;;;;;;;;;/h2*6-10H,1-5H3;3-4,10H,1-2H3;3-4H,1-2H3;4*1H3;;;;;1H2/q;;;;4*-1;;;;;. The van der Waals surface area contributed by atoms with Crippen LogP contribution in [0.5, 0.6) is 5.75 Å². The van der Waals surface area contributed by atoms with Gasteiger partial charge in [0.1, 0.15) is 5.75 Å². The fraction of sp³-hybridized carbons (Fsp3) is 0.600. The third kappa shape index (κ3) is 22.1. The zero-order valence-electron chi connectivity index (χ0n) is 34.9. The second-order valence-corrected chi connectivity index (χ2v) is 15.6. The van der Waals surface area contributed by atoms with Gasteiger partial charge in [0.05, 0.1) is 0 Å². The second-order valence-electron chi connectivity index (χ2n) is 13.4. The zero-order chi connectivity index (χ0) is 33.2. The van der Waals surface area contributed by atoms with Crippen molar-refractivity contribution in [3.63, 3.8) is 0 Å². The van der Waals surface area contributed by atoms with Gasteiger partial charge >= 0.3 is 138 Å². The summed E-state index contributed by atoms with van der Waals surface area (Å²) in [5.74, 6) is 9.66. The molecule has 0 aromatic heterocycles. The molecule has 1 N–H and O–H groups in total. The predicted molar refractivity (Wildman–Crippen MR) is 229 cm³/mol. The minimum absolute atomic E-state index is 0. The van der Waals surface area contributed by atoms with Gasteiger partial charge in [0.25, 0.3) is 0 Å². The molecule has 2 radical (unpaired) electrons. The Morgan fingerprint density at radius 3 is 0.898 bits per heavy atom. The van der Waals surface area contributed by atoms with Crippen LogP contribution in [0.4, 0.5) is 0 Å². The van der Waals surface area contributed by atoms with Gasteiger partial charge in [-0.25, -0.2) is 0 Å². The molecule has 4 rings (SSSR count). The van der Waals surface area contributed by atoms with E-state index in [9.17, 15) is 0 Å². The van der Waals surface area contributed by atoms with Crippen molar-refractivity contribution in [1.29, 1.82) is 0 Å². The quantitative estimate of drug-likeness (QED) is 0.203. The molecule has 1 aromatic rings. The summed E-state index contributed by atoms with van der Waals surface area (Å²) in [6, 6.07) is 3.42. The fourth-order valence-corrected chi connectivity index (χ4v) is 7.52. The van der Waals surface area contributed by atoms with Gasteiger partial charge in [-0.3, -0.25) is 0 Å². The molecule has 2 saturated carbocycles. The summed E-state index contributed by atoms with van der Waals surface area (Å²) in [6.07, 6.45) is 4.31. The number of hydrogen-bond donors (Lipinski definition) is 1. The van der Waals surface area contributed by atoms with Gasteiger partial charge < -0.3 is 34.8 Å². The van der Waals surface area contributed by atoms with Crippen LogP contribution in [0, 0.1) is 103 Å². The Kier molecular flexibility index (Phi) is 49.6. The summed E-state index contributed by atoms with van der Waals surface area (Å²) in [5, 5.41) is 9.87. The first-order valence-electron chi connectivity index (χ1n) is 16.2. The molecule has 0 bridgehead atoms. The summed E-state index contributed by atoms with van der Waals surface area (Å²) < 4.78 is 2.49.